The number of hydrogen-bond donors (Lipinski definition) is 0. The highest BCUT2D eigenvalue weighted by molar-refractivity contribution is 6.30. The maximum Gasteiger partial charge on any atom is 0.273 e. The van der Waals surface area contributed by atoms with Gasteiger partial charge in [-0.25, -0.2) is 5.01 Å². The van der Waals surface area contributed by atoms with Crippen LogP contribution in [0.25, 0.3) is 0 Å². The number of fused-ring (bicyclic) bond motifs is 1. The number of amides is 3. The molecule has 0 N–H and O–H groups in total. The third-order valence-electron chi connectivity index (χ3n) is 5.74. The lowest BCUT2D eigenvalue weighted by Gasteiger charge is -2.30. The highest BCUT2D eigenvalue weighted by Gasteiger charge is 2.51. The maximum atomic E-state index is 13.4. The van der Waals surface area contributed by atoms with Crippen LogP contribution in [0.1, 0.15) is 33.6 Å². The van der Waals surface area contributed by atoms with Gasteiger partial charge in [0, 0.05) is 16.1 Å². The third kappa shape index (κ3) is 4.03. The van der Waals surface area contributed by atoms with Crippen LogP contribution < -0.4 is 4.74 Å². The average molecular weight is 453 g/mol. The van der Waals surface area contributed by atoms with Gasteiger partial charge in [-0.05, 0) is 49.2 Å². The fourth-order valence-electron chi connectivity index (χ4n) is 4.02. The number of Topliss-reactive ketones (excluding diaryl/α,β-unsaturated/α-hetero) is 1. The molecular formula is C24H21ClN2O5. The number of allylic oxidation sites excluding steroid dienone is 2. The topological polar surface area (TPSA) is 84.0 Å². The highest BCUT2D eigenvalue weighted by atomic mass is 35.5. The summed E-state index contributed by atoms with van der Waals surface area (Å²) in [5.41, 5.74) is 0.512. The lowest BCUT2D eigenvalue weighted by molar-refractivity contribution is -0.154. The molecule has 1 saturated heterocycles. The van der Waals surface area contributed by atoms with E-state index in [1.165, 1.54) is 31.4 Å². The van der Waals surface area contributed by atoms with Crippen LogP contribution in [-0.4, -0.2) is 47.2 Å². The van der Waals surface area contributed by atoms with E-state index in [0.717, 1.165) is 10.0 Å². The lowest BCUT2D eigenvalue weighted by Crippen LogP contribution is -2.52. The van der Waals surface area contributed by atoms with Crippen molar-refractivity contribution >= 4 is 35.1 Å². The first-order valence-corrected chi connectivity index (χ1v) is 10.6. The Bertz CT molecular complexity index is 1090. The molecule has 4 rings (SSSR count). The molecular weight excluding hydrogens is 432 g/mol. The quantitative estimate of drug-likeness (QED) is 0.380. The number of carbonyl (C=O) groups excluding carboxylic acids is 4. The fourth-order valence-corrected chi connectivity index (χ4v) is 4.15. The fraction of sp³-hybridized carbons (Fsp3) is 0.250. The zero-order valence-corrected chi connectivity index (χ0v) is 18.1. The van der Waals surface area contributed by atoms with Crippen molar-refractivity contribution in [2.75, 3.05) is 13.7 Å². The van der Waals surface area contributed by atoms with E-state index in [9.17, 15) is 19.2 Å². The molecule has 1 fully saturated rings. The molecule has 2 aromatic rings. The second-order valence-corrected chi connectivity index (χ2v) is 8.11. The van der Waals surface area contributed by atoms with Gasteiger partial charge >= 0.3 is 0 Å². The van der Waals surface area contributed by atoms with Gasteiger partial charge in [-0.1, -0.05) is 35.9 Å². The monoisotopic (exact) mass is 452 g/mol. The molecule has 1 aliphatic carbocycles. The third-order valence-corrected chi connectivity index (χ3v) is 5.99. The number of benzene rings is 2. The van der Waals surface area contributed by atoms with E-state index < -0.39 is 41.9 Å². The molecule has 0 radical (unpaired) electrons. The molecule has 8 heteroatoms. The zero-order chi connectivity index (χ0) is 22.8. The molecule has 32 heavy (non-hydrogen) atoms. The molecule has 0 unspecified atom stereocenters. The predicted octanol–water partition coefficient (Wildman–Crippen LogP) is 3.54. The molecule has 1 aliphatic heterocycles. The largest absolute Gasteiger partial charge is 0.497 e. The van der Waals surface area contributed by atoms with Crippen LogP contribution in [0.4, 0.5) is 0 Å². The first-order chi connectivity index (χ1) is 15.4. The normalized spacial score (nSPS) is 19.6. The number of ketones is 1. The lowest BCUT2D eigenvalue weighted by atomic mass is 9.85. The Morgan fingerprint density at radius 3 is 2.22 bits per heavy atom. The van der Waals surface area contributed by atoms with Gasteiger partial charge in [-0.15, -0.1) is 0 Å². The van der Waals surface area contributed by atoms with E-state index in [1.54, 1.807) is 24.3 Å². The first-order valence-electron chi connectivity index (χ1n) is 10.2. The van der Waals surface area contributed by atoms with Gasteiger partial charge in [0.2, 0.25) is 0 Å². The van der Waals surface area contributed by atoms with Crippen molar-refractivity contribution < 1.29 is 23.9 Å². The van der Waals surface area contributed by atoms with Crippen molar-refractivity contribution in [2.45, 2.75) is 12.8 Å². The van der Waals surface area contributed by atoms with Gasteiger partial charge in [0.15, 0.2) is 5.78 Å². The molecule has 3 amide bonds. The second-order valence-electron chi connectivity index (χ2n) is 7.67. The number of rotatable bonds is 6. The standard InChI is InChI=1S/C24H21ClN2O5/c1-32-18-6-4-5-16(13-18)21(28)14-26(22(29)15-9-11-17(25)12-10-15)27-23(30)19-7-2-3-8-20(19)24(27)31/h2-6,9-13,19-20H,7-8,14H2,1H3/t19-,20+. The summed E-state index contributed by atoms with van der Waals surface area (Å²) in [5, 5.41) is 2.25. The predicted molar refractivity (Wildman–Crippen MR) is 117 cm³/mol. The Labute approximate surface area is 190 Å². The first kappa shape index (κ1) is 21.8. The van der Waals surface area contributed by atoms with Gasteiger partial charge in [-0.2, -0.15) is 5.01 Å². The number of methoxy groups -OCH3 is 1. The number of ether oxygens (including phenoxy) is 1. The van der Waals surface area contributed by atoms with Crippen LogP contribution >= 0.6 is 11.6 Å². The summed E-state index contributed by atoms with van der Waals surface area (Å²) < 4.78 is 5.17. The molecule has 0 spiro atoms. The molecule has 2 aliphatic rings. The summed E-state index contributed by atoms with van der Waals surface area (Å²) in [5.74, 6) is -2.57. The van der Waals surface area contributed by atoms with Crippen molar-refractivity contribution in [1.29, 1.82) is 0 Å². The summed E-state index contributed by atoms with van der Waals surface area (Å²) in [4.78, 5) is 52.7. The molecule has 0 saturated carbocycles. The minimum atomic E-state index is -0.633. The Kier molecular flexibility index (Phi) is 6.10. The Morgan fingerprint density at radius 2 is 1.62 bits per heavy atom. The molecule has 2 atom stereocenters. The van der Waals surface area contributed by atoms with E-state index in [4.69, 9.17) is 16.3 Å². The number of halogens is 1. The van der Waals surface area contributed by atoms with Crippen LogP contribution in [0.15, 0.2) is 60.7 Å². The van der Waals surface area contributed by atoms with Gasteiger partial charge < -0.3 is 4.74 Å². The SMILES string of the molecule is COc1cccc(C(=O)CN(C(=O)c2ccc(Cl)cc2)N2C(=O)[C@H]3CC=CC[C@H]3C2=O)c1. The second kappa shape index (κ2) is 8.96. The smallest absolute Gasteiger partial charge is 0.273 e. The number of imide groups is 1. The molecule has 164 valence electrons. The van der Waals surface area contributed by atoms with Crippen molar-refractivity contribution in [3.63, 3.8) is 0 Å². The molecule has 0 bridgehead atoms. The average Bonchev–Trinajstić information content (AvgIpc) is 3.07. The summed E-state index contributed by atoms with van der Waals surface area (Å²) in [7, 11) is 1.48. The number of hydrazine groups is 1. The minimum Gasteiger partial charge on any atom is -0.497 e. The maximum absolute atomic E-state index is 13.4. The highest BCUT2D eigenvalue weighted by Crippen LogP contribution is 2.36. The van der Waals surface area contributed by atoms with Crippen LogP contribution in [0.5, 0.6) is 5.75 Å². The van der Waals surface area contributed by atoms with E-state index in [1.807, 2.05) is 12.2 Å². The van der Waals surface area contributed by atoms with Crippen molar-refractivity contribution in [3.8, 4) is 5.75 Å². The summed E-state index contributed by atoms with van der Waals surface area (Å²) in [6, 6.07) is 12.5. The Morgan fingerprint density at radius 1 is 1.00 bits per heavy atom. The van der Waals surface area contributed by atoms with E-state index >= 15 is 0 Å². The summed E-state index contributed by atoms with van der Waals surface area (Å²) >= 11 is 5.93. The molecule has 0 aromatic heterocycles. The van der Waals surface area contributed by atoms with Gasteiger partial charge in [0.25, 0.3) is 17.7 Å². The van der Waals surface area contributed by atoms with Crippen LogP contribution in [0.3, 0.4) is 0 Å². The Balaban J connectivity index is 1.69. The van der Waals surface area contributed by atoms with Crippen LogP contribution in [0.2, 0.25) is 5.02 Å². The summed E-state index contributed by atoms with van der Waals surface area (Å²) in [6.45, 7) is -0.473. The van der Waals surface area contributed by atoms with E-state index in [0.29, 0.717) is 29.2 Å². The zero-order valence-electron chi connectivity index (χ0n) is 17.4. The van der Waals surface area contributed by atoms with Crippen LogP contribution in [-0.2, 0) is 9.59 Å². The molecule has 7 nitrogen and oxygen atoms in total. The van der Waals surface area contributed by atoms with Gasteiger partial charge in [0.1, 0.15) is 12.3 Å². The summed E-state index contributed by atoms with van der Waals surface area (Å²) in [6.07, 6.45) is 4.59. The number of nitrogens with zero attached hydrogens (tertiary/aromatic N) is 2. The number of hydrogen-bond acceptors (Lipinski definition) is 5. The van der Waals surface area contributed by atoms with E-state index in [2.05, 4.69) is 0 Å². The van der Waals surface area contributed by atoms with Crippen molar-refractivity contribution in [1.82, 2.24) is 10.0 Å². The minimum absolute atomic E-state index is 0.210. The van der Waals surface area contributed by atoms with E-state index in [-0.39, 0.29) is 5.56 Å². The van der Waals surface area contributed by atoms with Crippen LogP contribution in [0, 0.1) is 11.8 Å². The van der Waals surface area contributed by atoms with Gasteiger partial charge in [-0.3, -0.25) is 19.2 Å². The number of carbonyl (C=O) groups is 4. The van der Waals surface area contributed by atoms with Gasteiger partial charge in [0.05, 0.1) is 18.9 Å². The molecule has 2 aromatic carbocycles. The van der Waals surface area contributed by atoms with Crippen molar-refractivity contribution in [2.24, 2.45) is 11.8 Å². The van der Waals surface area contributed by atoms with Crippen molar-refractivity contribution in [3.05, 3.63) is 76.8 Å². The Hall–Kier alpha value is -3.45. The molecule has 1 heterocycles.